The lowest BCUT2D eigenvalue weighted by molar-refractivity contribution is 0.0425. The van der Waals surface area contributed by atoms with E-state index in [1.54, 1.807) is 45.3 Å². The van der Waals surface area contributed by atoms with E-state index in [1.165, 1.54) is 65.0 Å². The Kier molecular flexibility index (Phi) is 19.4. The number of benzene rings is 2. The van der Waals surface area contributed by atoms with Gasteiger partial charge in [-0.1, -0.05) is 131 Å². The third kappa shape index (κ3) is 12.2. The first kappa shape index (κ1) is 55.8. The van der Waals surface area contributed by atoms with E-state index in [0.29, 0.717) is 48.0 Å². The average Bonchev–Trinajstić information content (AvgIpc) is 4.32. The van der Waals surface area contributed by atoms with Crippen LogP contribution >= 0.6 is 79.7 Å². The summed E-state index contributed by atoms with van der Waals surface area (Å²) in [6.07, 6.45) is 17.6. The summed E-state index contributed by atoms with van der Waals surface area (Å²) in [6, 6.07) is 13.0. The molecule has 0 fully saturated rings. The number of carbonyl (C=O) groups excluding carboxylic acids is 2. The van der Waals surface area contributed by atoms with Gasteiger partial charge in [0.15, 0.2) is 0 Å². The van der Waals surface area contributed by atoms with Crippen LogP contribution in [0.1, 0.15) is 173 Å². The number of esters is 2. The number of unbranched alkanes of at least 4 members (excludes halogenated alkanes) is 8. The van der Waals surface area contributed by atoms with E-state index in [-0.39, 0.29) is 11.9 Å². The van der Waals surface area contributed by atoms with Crippen molar-refractivity contribution < 1.29 is 28.5 Å². The van der Waals surface area contributed by atoms with E-state index in [2.05, 4.69) is 85.7 Å². The molecule has 2 aromatic carbocycles. The van der Waals surface area contributed by atoms with Crippen LogP contribution in [-0.4, -0.2) is 47.1 Å². The van der Waals surface area contributed by atoms with Crippen molar-refractivity contribution in [3.05, 3.63) is 55.9 Å². The third-order valence-corrected chi connectivity index (χ3v) is 22.3. The van der Waals surface area contributed by atoms with E-state index in [0.717, 1.165) is 175 Å². The number of ether oxygens (including phenoxy) is 4. The molecule has 75 heavy (non-hydrogen) atoms. The number of rotatable bonds is 29. The first-order chi connectivity index (χ1) is 36.6. The van der Waals surface area contributed by atoms with Gasteiger partial charge in [0.25, 0.3) is 0 Å². The van der Waals surface area contributed by atoms with Gasteiger partial charge in [-0.15, -0.1) is 68.0 Å². The van der Waals surface area contributed by atoms with Crippen molar-refractivity contribution in [3.8, 4) is 42.1 Å². The zero-order valence-corrected chi connectivity index (χ0v) is 50.7. The summed E-state index contributed by atoms with van der Waals surface area (Å²) in [5.41, 5.74) is 3.63. The Balaban J connectivity index is 1.15. The van der Waals surface area contributed by atoms with E-state index < -0.39 is 0 Å². The molecule has 7 heterocycles. The summed E-state index contributed by atoms with van der Waals surface area (Å²) in [4.78, 5) is 35.6. The number of thiophene rings is 6. The Bertz CT molecular complexity index is 3310. The molecule has 9 aromatic rings. The van der Waals surface area contributed by atoms with E-state index in [9.17, 15) is 9.59 Å². The van der Waals surface area contributed by atoms with Gasteiger partial charge in [0.1, 0.15) is 32.3 Å². The van der Waals surface area contributed by atoms with Gasteiger partial charge in [0.2, 0.25) is 0 Å². The second-order valence-corrected chi connectivity index (χ2v) is 27.2. The smallest absolute Gasteiger partial charge is 0.348 e. The van der Waals surface area contributed by atoms with Crippen LogP contribution in [0.5, 0.6) is 11.5 Å². The molecule has 0 bridgehead atoms. The van der Waals surface area contributed by atoms with Crippen molar-refractivity contribution in [3.63, 3.8) is 0 Å². The van der Waals surface area contributed by atoms with Crippen LogP contribution < -0.4 is 9.47 Å². The van der Waals surface area contributed by atoms with Crippen LogP contribution in [0.2, 0.25) is 0 Å². The molecule has 8 nitrogen and oxygen atoms in total. The number of aromatic nitrogens is 2. The number of carbonyl (C=O) groups is 2. The highest BCUT2D eigenvalue weighted by molar-refractivity contribution is 7.32. The predicted molar refractivity (Wildman–Crippen MR) is 327 cm³/mol. The monoisotopic (exact) mass is 1140 g/mol. The fourth-order valence-corrected chi connectivity index (χ4v) is 17.8. The molecule has 2 atom stereocenters. The fraction of sp³-hybridized carbons (Fsp3) is 0.500. The minimum Gasteiger partial charge on any atom is -0.491 e. The normalized spacial score (nSPS) is 12.8. The van der Waals surface area contributed by atoms with Crippen LogP contribution in [-0.2, 0) is 9.47 Å². The van der Waals surface area contributed by atoms with Crippen molar-refractivity contribution in [1.29, 1.82) is 0 Å². The molecule has 0 saturated carbocycles. The topological polar surface area (TPSA) is 96.8 Å². The molecule has 0 spiro atoms. The Morgan fingerprint density at radius 2 is 1.01 bits per heavy atom. The first-order valence-electron chi connectivity index (χ1n) is 27.6. The van der Waals surface area contributed by atoms with Gasteiger partial charge in [-0.3, -0.25) is 0 Å². The van der Waals surface area contributed by atoms with Crippen molar-refractivity contribution in [2.45, 2.75) is 158 Å². The standard InChI is InChI=1S/C60H72N2O6S7/c1-9-15-19-21-27-65-50-42-29-35(7)69-53(42)51(66-28-22-20-16-10-2)43-31-45(71-54(43)50)52-44-32-47(60(64)68-34-38(14-6)24-18-12-4)73-58(44)56(74-52)40-26-25-39(48-49(40)62-75-61-48)55-57-41(36(8)70-55)30-46(72-57)59(63)67-33-37(13-5)23-17-11-3/h25-26,29-32,37-38H,9-24,27-28,33-34H2,1-8H3. The summed E-state index contributed by atoms with van der Waals surface area (Å²) in [5, 5.41) is 4.31. The number of aryl methyl sites for hydroxylation is 2. The molecule has 0 aliphatic rings. The highest BCUT2D eigenvalue weighted by Crippen LogP contribution is 2.56. The van der Waals surface area contributed by atoms with Crippen molar-refractivity contribution in [2.75, 3.05) is 26.4 Å². The Morgan fingerprint density at radius 1 is 0.507 bits per heavy atom. The molecule has 9 rings (SSSR count). The summed E-state index contributed by atoms with van der Waals surface area (Å²) in [7, 11) is 0. The highest BCUT2D eigenvalue weighted by atomic mass is 32.1. The first-order valence-corrected chi connectivity index (χ1v) is 33.2. The Labute approximate surface area is 471 Å². The van der Waals surface area contributed by atoms with Crippen LogP contribution in [0.15, 0.2) is 36.4 Å². The van der Waals surface area contributed by atoms with Gasteiger partial charge in [-0.05, 0) is 75.6 Å². The lowest BCUT2D eigenvalue weighted by atomic mass is 10.0. The molecule has 0 N–H and O–H groups in total. The number of hydrogen-bond donors (Lipinski definition) is 0. The molecular formula is C60H72N2O6S7. The second-order valence-electron chi connectivity index (χ2n) is 20.0. The van der Waals surface area contributed by atoms with Crippen molar-refractivity contribution in [1.82, 2.24) is 8.75 Å². The fourth-order valence-electron chi connectivity index (χ4n) is 9.93. The average molecular weight is 1140 g/mol. The molecule has 2 unspecified atom stereocenters. The molecular weight excluding hydrogens is 1070 g/mol. The van der Waals surface area contributed by atoms with Gasteiger partial charge in [-0.25, -0.2) is 9.59 Å². The maximum atomic E-state index is 14.2. The molecule has 0 amide bonds. The predicted octanol–water partition coefficient (Wildman–Crippen LogP) is 21.0. The minimum atomic E-state index is -0.272. The van der Waals surface area contributed by atoms with E-state index in [4.69, 9.17) is 27.7 Å². The zero-order chi connectivity index (χ0) is 52.6. The molecule has 0 radical (unpaired) electrons. The molecule has 0 aliphatic heterocycles. The number of hydrogen-bond acceptors (Lipinski definition) is 15. The Morgan fingerprint density at radius 3 is 1.56 bits per heavy atom. The van der Waals surface area contributed by atoms with Crippen molar-refractivity contribution in [2.24, 2.45) is 11.8 Å². The zero-order valence-electron chi connectivity index (χ0n) is 45.0. The van der Waals surface area contributed by atoms with Gasteiger partial charge in [0.05, 0.1) is 71.6 Å². The molecule has 0 saturated heterocycles. The SMILES string of the molecule is CCCCCCOc1c2cc(-c3sc(-c4ccc(-c5sc(C)c6cc(C(=O)OCC(CC)CCCC)sc56)c5nsnc45)c4sc(C(=O)OCC(CC)CCCC)cc34)sc2c(OCCCCCC)c2cc(C)sc12. The minimum absolute atomic E-state index is 0.249. The van der Waals surface area contributed by atoms with E-state index >= 15 is 0 Å². The molecule has 0 aliphatic carbocycles. The summed E-state index contributed by atoms with van der Waals surface area (Å²) in [6.45, 7) is 19.7. The molecule has 400 valence electrons. The molecule has 7 aromatic heterocycles. The van der Waals surface area contributed by atoms with Crippen LogP contribution in [0, 0.1) is 25.7 Å². The van der Waals surface area contributed by atoms with Crippen molar-refractivity contribution >= 4 is 143 Å². The quantitative estimate of drug-likeness (QED) is 0.0338. The number of fused-ring (bicyclic) bond motifs is 5. The highest BCUT2D eigenvalue weighted by Gasteiger charge is 2.29. The van der Waals surface area contributed by atoms with Crippen LogP contribution in [0.25, 0.3) is 82.0 Å². The second kappa shape index (κ2) is 26.1. The lowest BCUT2D eigenvalue weighted by Gasteiger charge is -2.14. The Hall–Kier alpha value is -3.96. The molecule has 15 heteroatoms. The van der Waals surface area contributed by atoms with Gasteiger partial charge in [0, 0.05) is 47.3 Å². The third-order valence-electron chi connectivity index (χ3n) is 14.5. The maximum absolute atomic E-state index is 14.2. The summed E-state index contributed by atoms with van der Waals surface area (Å²) < 4.78 is 40.2. The van der Waals surface area contributed by atoms with Crippen LogP contribution in [0.4, 0.5) is 0 Å². The largest absolute Gasteiger partial charge is 0.491 e. The van der Waals surface area contributed by atoms with E-state index in [1.807, 2.05) is 6.07 Å². The summed E-state index contributed by atoms with van der Waals surface area (Å²) in [5.74, 6) is 2.08. The van der Waals surface area contributed by atoms with Gasteiger partial charge in [-0.2, -0.15) is 8.75 Å². The summed E-state index contributed by atoms with van der Waals surface area (Å²) >= 11 is 11.3. The van der Waals surface area contributed by atoms with Gasteiger partial charge < -0.3 is 18.9 Å². The lowest BCUT2D eigenvalue weighted by Crippen LogP contribution is -2.13. The number of nitrogens with zero attached hydrogens (tertiary/aromatic N) is 2. The van der Waals surface area contributed by atoms with Crippen LogP contribution in [0.3, 0.4) is 0 Å². The van der Waals surface area contributed by atoms with Gasteiger partial charge >= 0.3 is 11.9 Å². The maximum Gasteiger partial charge on any atom is 0.348 e.